The second-order valence-electron chi connectivity index (χ2n) is 7.92. The highest BCUT2D eigenvalue weighted by Gasteiger charge is 2.43. The fourth-order valence-corrected chi connectivity index (χ4v) is 6.17. The summed E-state index contributed by atoms with van der Waals surface area (Å²) in [6.45, 7) is 12.6. The number of hydrogen-bond donors (Lipinski definition) is 2. The molecule has 186 valence electrons. The van der Waals surface area contributed by atoms with Crippen LogP contribution in [0.5, 0.6) is 5.75 Å². The van der Waals surface area contributed by atoms with Crippen LogP contribution in [0.15, 0.2) is 29.2 Å². The van der Waals surface area contributed by atoms with E-state index in [1.165, 1.54) is 30.9 Å². The monoisotopic (exact) mass is 499 g/mol. The van der Waals surface area contributed by atoms with Gasteiger partial charge in [-0.2, -0.15) is 16.1 Å². The number of sulfonamides is 1. The molecule has 0 radical (unpaired) electrons. The Kier molecular flexibility index (Phi) is 12.3. The number of thioether (sulfide) groups is 1. The molecule has 0 bridgehead atoms. The standard InChI is InChI=1S/C23H37N3O5S2/c1-7-10-17-31-19-12-14-20(15-13-19)33(29,30)25(6)21(22(27)24-28)23(4,5)32-18-11-16-26(8-2)9-3/h12-15,21,28H,8-9,11,16-18H2,1-6H3,(H,24,27). The average molecular weight is 500 g/mol. The van der Waals surface area contributed by atoms with Crippen molar-refractivity contribution in [3.8, 4) is 17.6 Å². The lowest BCUT2D eigenvalue weighted by Gasteiger charge is -2.37. The molecule has 0 aliphatic heterocycles. The van der Waals surface area contributed by atoms with Crippen molar-refractivity contribution >= 4 is 27.7 Å². The van der Waals surface area contributed by atoms with Crippen LogP contribution in [0.4, 0.5) is 0 Å². The molecule has 0 saturated carbocycles. The lowest BCUT2D eigenvalue weighted by molar-refractivity contribution is -0.133. The quantitative estimate of drug-likeness (QED) is 0.176. The number of benzene rings is 1. The molecule has 0 heterocycles. The zero-order chi connectivity index (χ0) is 25.1. The number of hydroxylamine groups is 1. The highest BCUT2D eigenvalue weighted by atomic mass is 32.2. The third kappa shape index (κ3) is 8.50. The van der Waals surface area contributed by atoms with Gasteiger partial charge in [0.25, 0.3) is 5.91 Å². The largest absolute Gasteiger partial charge is 0.481 e. The molecule has 2 N–H and O–H groups in total. The molecule has 0 fully saturated rings. The van der Waals surface area contributed by atoms with E-state index in [9.17, 15) is 18.4 Å². The molecule has 1 unspecified atom stereocenters. The summed E-state index contributed by atoms with van der Waals surface area (Å²) in [5.74, 6) is 5.96. The third-order valence-corrected chi connectivity index (χ3v) is 8.65. The van der Waals surface area contributed by atoms with Crippen LogP contribution in [0.1, 0.15) is 41.0 Å². The normalized spacial score (nSPS) is 12.9. The van der Waals surface area contributed by atoms with Crippen molar-refractivity contribution < 1.29 is 23.2 Å². The molecule has 0 aliphatic carbocycles. The van der Waals surface area contributed by atoms with Crippen LogP contribution in [0.25, 0.3) is 0 Å². The predicted molar refractivity (Wildman–Crippen MR) is 133 cm³/mol. The van der Waals surface area contributed by atoms with E-state index in [2.05, 4.69) is 30.6 Å². The van der Waals surface area contributed by atoms with E-state index in [0.29, 0.717) is 5.75 Å². The van der Waals surface area contributed by atoms with Crippen molar-refractivity contribution in [2.45, 2.75) is 56.7 Å². The van der Waals surface area contributed by atoms with Crippen LogP contribution in [0, 0.1) is 11.8 Å². The maximum Gasteiger partial charge on any atom is 0.263 e. The van der Waals surface area contributed by atoms with E-state index in [0.717, 1.165) is 36.1 Å². The Bertz CT molecular complexity index is 904. The van der Waals surface area contributed by atoms with Crippen LogP contribution in [0.2, 0.25) is 0 Å². The summed E-state index contributed by atoms with van der Waals surface area (Å²) < 4.78 is 32.3. The molecule has 33 heavy (non-hydrogen) atoms. The molecule has 0 spiro atoms. The van der Waals surface area contributed by atoms with E-state index < -0.39 is 26.7 Å². The van der Waals surface area contributed by atoms with E-state index in [1.54, 1.807) is 24.5 Å². The van der Waals surface area contributed by atoms with Crippen molar-refractivity contribution in [2.75, 3.05) is 39.0 Å². The van der Waals surface area contributed by atoms with E-state index >= 15 is 0 Å². The molecule has 0 saturated heterocycles. The maximum absolute atomic E-state index is 13.3. The fraction of sp³-hybridized carbons (Fsp3) is 0.609. The average Bonchev–Trinajstić information content (AvgIpc) is 2.79. The number of carbonyl (C=O) groups is 1. The third-order valence-electron chi connectivity index (χ3n) is 5.36. The second-order valence-corrected chi connectivity index (χ2v) is 11.7. The smallest absolute Gasteiger partial charge is 0.263 e. The number of carbonyl (C=O) groups excluding carboxylic acids is 1. The van der Waals surface area contributed by atoms with Gasteiger partial charge in [0.1, 0.15) is 18.4 Å². The predicted octanol–water partition coefficient (Wildman–Crippen LogP) is 2.83. The first-order valence-electron chi connectivity index (χ1n) is 11.0. The van der Waals surface area contributed by atoms with Gasteiger partial charge in [0.2, 0.25) is 10.0 Å². The summed E-state index contributed by atoms with van der Waals surface area (Å²) in [6.07, 6.45) is 0.906. The van der Waals surface area contributed by atoms with Crippen LogP contribution in [-0.4, -0.2) is 78.6 Å². The van der Waals surface area contributed by atoms with Gasteiger partial charge < -0.3 is 9.64 Å². The van der Waals surface area contributed by atoms with Crippen LogP contribution < -0.4 is 10.2 Å². The molecule has 10 heteroatoms. The summed E-state index contributed by atoms with van der Waals surface area (Å²) in [5.41, 5.74) is 1.64. The Hall–Kier alpha value is -1.77. The number of rotatable bonds is 14. The lowest BCUT2D eigenvalue weighted by atomic mass is 10.0. The van der Waals surface area contributed by atoms with Gasteiger partial charge in [-0.1, -0.05) is 19.8 Å². The summed E-state index contributed by atoms with van der Waals surface area (Å²) in [5, 5.41) is 9.34. The van der Waals surface area contributed by atoms with E-state index in [1.807, 2.05) is 13.8 Å². The van der Waals surface area contributed by atoms with Gasteiger partial charge in [-0.3, -0.25) is 10.0 Å². The molecule has 1 amide bonds. The van der Waals surface area contributed by atoms with Gasteiger partial charge in [0.15, 0.2) is 0 Å². The molecule has 0 aromatic heterocycles. The Morgan fingerprint density at radius 2 is 1.85 bits per heavy atom. The molecule has 1 rings (SSSR count). The molecule has 1 aromatic carbocycles. The Morgan fingerprint density at radius 1 is 1.24 bits per heavy atom. The van der Waals surface area contributed by atoms with E-state index in [-0.39, 0.29) is 11.5 Å². The fourth-order valence-electron chi connectivity index (χ4n) is 3.43. The van der Waals surface area contributed by atoms with Crippen LogP contribution in [-0.2, 0) is 14.8 Å². The molecule has 1 aromatic rings. The first kappa shape index (κ1) is 29.3. The Balaban J connectivity index is 3.02. The first-order valence-corrected chi connectivity index (χ1v) is 13.4. The number of amides is 1. The second kappa shape index (κ2) is 13.8. The lowest BCUT2D eigenvalue weighted by Crippen LogP contribution is -2.56. The van der Waals surface area contributed by atoms with Gasteiger partial charge >= 0.3 is 0 Å². The summed E-state index contributed by atoms with van der Waals surface area (Å²) in [7, 11) is -2.66. The van der Waals surface area contributed by atoms with Crippen molar-refractivity contribution in [3.05, 3.63) is 24.3 Å². The summed E-state index contributed by atoms with van der Waals surface area (Å²) in [4.78, 5) is 14.9. The highest BCUT2D eigenvalue weighted by Crippen LogP contribution is 2.34. The van der Waals surface area contributed by atoms with Crippen molar-refractivity contribution in [3.63, 3.8) is 0 Å². The van der Waals surface area contributed by atoms with Gasteiger partial charge in [0.05, 0.1) is 4.90 Å². The number of ether oxygens (including phenoxy) is 1. The molecular formula is C23H37N3O5S2. The summed E-state index contributed by atoms with van der Waals surface area (Å²) in [6, 6.07) is 4.83. The minimum absolute atomic E-state index is 0.0250. The van der Waals surface area contributed by atoms with Crippen molar-refractivity contribution in [2.24, 2.45) is 0 Å². The van der Waals surface area contributed by atoms with Crippen LogP contribution in [0.3, 0.4) is 0 Å². The highest BCUT2D eigenvalue weighted by molar-refractivity contribution is 8.00. The Labute approximate surface area is 203 Å². The number of likely N-dealkylation sites (N-methyl/N-ethyl adjacent to an activating group) is 1. The summed E-state index contributed by atoms with van der Waals surface area (Å²) >= 11 is 1.51. The first-order chi connectivity index (χ1) is 15.5. The van der Waals surface area contributed by atoms with Crippen LogP contribution >= 0.6 is 11.8 Å². The number of hydrogen-bond acceptors (Lipinski definition) is 7. The van der Waals surface area contributed by atoms with Gasteiger partial charge in [-0.15, -0.1) is 5.92 Å². The van der Waals surface area contributed by atoms with Crippen molar-refractivity contribution in [1.29, 1.82) is 0 Å². The molecule has 1 atom stereocenters. The molecular weight excluding hydrogens is 462 g/mol. The SMILES string of the molecule is CC#CCOc1ccc(S(=O)(=O)N(C)C(C(=O)NO)C(C)(C)SCCCN(CC)CC)cc1. The van der Waals surface area contributed by atoms with Gasteiger partial charge in [-0.25, -0.2) is 13.9 Å². The van der Waals surface area contributed by atoms with Gasteiger partial charge in [0, 0.05) is 11.8 Å². The van der Waals surface area contributed by atoms with Crippen molar-refractivity contribution in [1.82, 2.24) is 14.7 Å². The minimum Gasteiger partial charge on any atom is -0.481 e. The maximum atomic E-state index is 13.3. The van der Waals surface area contributed by atoms with Gasteiger partial charge in [-0.05, 0) is 76.8 Å². The minimum atomic E-state index is -4.01. The van der Waals surface area contributed by atoms with E-state index in [4.69, 9.17) is 4.74 Å². The zero-order valence-corrected chi connectivity index (χ0v) is 22.1. The topological polar surface area (TPSA) is 99.2 Å². The molecule has 8 nitrogen and oxygen atoms in total. The number of nitrogens with zero attached hydrogens (tertiary/aromatic N) is 2. The zero-order valence-electron chi connectivity index (χ0n) is 20.4. The Morgan fingerprint density at radius 3 is 2.36 bits per heavy atom. The number of nitrogens with one attached hydrogen (secondary N) is 1. The molecule has 0 aliphatic rings.